The standard InChI is InChI=1S/C10H16F4N4O/c1-18-4-7(3-16-18)2-8(17-15)5-19-6-10(13,14)9(11)12/h3-4,8-9,17H,2,5-6,15H2,1H3. The van der Waals surface area contributed by atoms with Crippen molar-refractivity contribution in [1.29, 1.82) is 0 Å². The van der Waals surface area contributed by atoms with E-state index in [9.17, 15) is 17.6 Å². The minimum absolute atomic E-state index is 0.201. The minimum Gasteiger partial charge on any atom is -0.373 e. The molecular weight excluding hydrogens is 268 g/mol. The summed E-state index contributed by atoms with van der Waals surface area (Å²) in [5, 5.41) is 3.93. The number of hydrogen-bond donors (Lipinski definition) is 2. The second-order valence-electron chi connectivity index (χ2n) is 4.17. The first kappa shape index (κ1) is 15.9. The van der Waals surface area contributed by atoms with E-state index in [0.717, 1.165) is 5.56 Å². The lowest BCUT2D eigenvalue weighted by Crippen LogP contribution is -2.42. The molecule has 1 aromatic rings. The van der Waals surface area contributed by atoms with Crippen LogP contribution in [0.5, 0.6) is 0 Å². The Bertz CT molecular complexity index is 385. The Morgan fingerprint density at radius 2 is 2.21 bits per heavy atom. The van der Waals surface area contributed by atoms with Crippen LogP contribution in [0.2, 0.25) is 0 Å². The Hall–Kier alpha value is -1.19. The molecule has 0 aromatic carbocycles. The number of aryl methyl sites for hydroxylation is 1. The van der Waals surface area contributed by atoms with Gasteiger partial charge in [-0.15, -0.1) is 0 Å². The normalized spacial score (nSPS) is 14.1. The molecule has 0 aliphatic heterocycles. The zero-order valence-electron chi connectivity index (χ0n) is 10.3. The molecule has 0 spiro atoms. The van der Waals surface area contributed by atoms with Gasteiger partial charge in [0.2, 0.25) is 0 Å². The van der Waals surface area contributed by atoms with Crippen molar-refractivity contribution in [2.24, 2.45) is 12.9 Å². The van der Waals surface area contributed by atoms with E-state index < -0.39 is 25.0 Å². The van der Waals surface area contributed by atoms with Gasteiger partial charge in [0.05, 0.1) is 12.8 Å². The number of aromatic nitrogens is 2. The number of halogens is 4. The quantitative estimate of drug-likeness (QED) is 0.419. The van der Waals surface area contributed by atoms with Gasteiger partial charge in [-0.3, -0.25) is 16.0 Å². The predicted molar refractivity (Wildman–Crippen MR) is 59.8 cm³/mol. The van der Waals surface area contributed by atoms with E-state index in [2.05, 4.69) is 15.3 Å². The lowest BCUT2D eigenvalue weighted by molar-refractivity contribution is -0.167. The molecule has 1 rings (SSSR count). The fraction of sp³-hybridized carbons (Fsp3) is 0.700. The molecule has 3 N–H and O–H groups in total. The first-order valence-corrected chi connectivity index (χ1v) is 5.52. The summed E-state index contributed by atoms with van der Waals surface area (Å²) in [4.78, 5) is 0. The van der Waals surface area contributed by atoms with Crippen LogP contribution in [0.3, 0.4) is 0 Å². The van der Waals surface area contributed by atoms with Crippen LogP contribution in [-0.4, -0.2) is 41.4 Å². The third-order valence-electron chi connectivity index (χ3n) is 2.41. The van der Waals surface area contributed by atoms with Crippen molar-refractivity contribution in [2.45, 2.75) is 24.8 Å². The van der Waals surface area contributed by atoms with Gasteiger partial charge in [0.15, 0.2) is 0 Å². The molecule has 1 atom stereocenters. The van der Waals surface area contributed by atoms with Gasteiger partial charge in [0, 0.05) is 19.3 Å². The average Bonchev–Trinajstić information content (AvgIpc) is 2.73. The third kappa shape index (κ3) is 5.13. The van der Waals surface area contributed by atoms with Crippen LogP contribution in [0.15, 0.2) is 12.4 Å². The van der Waals surface area contributed by atoms with E-state index in [1.54, 1.807) is 24.1 Å². The molecule has 0 aliphatic rings. The highest BCUT2D eigenvalue weighted by Crippen LogP contribution is 2.22. The number of rotatable bonds is 8. The topological polar surface area (TPSA) is 65.1 Å². The van der Waals surface area contributed by atoms with Gasteiger partial charge in [-0.2, -0.15) is 13.9 Å². The van der Waals surface area contributed by atoms with Crippen LogP contribution < -0.4 is 11.3 Å². The molecule has 1 aromatic heterocycles. The summed E-state index contributed by atoms with van der Waals surface area (Å²) in [6, 6.07) is -0.460. The number of hydrogen-bond acceptors (Lipinski definition) is 4. The smallest absolute Gasteiger partial charge is 0.330 e. The van der Waals surface area contributed by atoms with Crippen molar-refractivity contribution in [2.75, 3.05) is 13.2 Å². The van der Waals surface area contributed by atoms with Crippen molar-refractivity contribution >= 4 is 0 Å². The second-order valence-corrected chi connectivity index (χ2v) is 4.17. The maximum Gasteiger partial charge on any atom is 0.330 e. The van der Waals surface area contributed by atoms with Crippen LogP contribution in [0.4, 0.5) is 17.6 Å². The molecule has 0 aliphatic carbocycles. The maximum atomic E-state index is 12.6. The van der Waals surface area contributed by atoms with E-state index in [0.29, 0.717) is 6.42 Å². The molecule has 1 heterocycles. The number of alkyl halides is 4. The minimum atomic E-state index is -4.15. The van der Waals surface area contributed by atoms with Crippen LogP contribution in [0.1, 0.15) is 5.56 Å². The maximum absolute atomic E-state index is 12.6. The third-order valence-corrected chi connectivity index (χ3v) is 2.41. The fourth-order valence-corrected chi connectivity index (χ4v) is 1.43. The Morgan fingerprint density at radius 1 is 1.53 bits per heavy atom. The highest BCUT2D eigenvalue weighted by atomic mass is 19.3. The van der Waals surface area contributed by atoms with Gasteiger partial charge in [0.1, 0.15) is 6.61 Å². The Labute approximate surface area is 107 Å². The fourth-order valence-electron chi connectivity index (χ4n) is 1.43. The van der Waals surface area contributed by atoms with Crippen molar-refractivity contribution in [3.05, 3.63) is 18.0 Å². The van der Waals surface area contributed by atoms with Gasteiger partial charge in [-0.25, -0.2) is 8.78 Å². The Balaban J connectivity index is 2.37. The lowest BCUT2D eigenvalue weighted by atomic mass is 10.1. The zero-order chi connectivity index (χ0) is 14.5. The van der Waals surface area contributed by atoms with Gasteiger partial charge < -0.3 is 4.74 Å². The van der Waals surface area contributed by atoms with Crippen LogP contribution in [0, 0.1) is 0 Å². The van der Waals surface area contributed by atoms with Crippen molar-refractivity contribution in [1.82, 2.24) is 15.2 Å². The van der Waals surface area contributed by atoms with Crippen LogP contribution in [-0.2, 0) is 18.2 Å². The van der Waals surface area contributed by atoms with Crippen LogP contribution >= 0.6 is 0 Å². The first-order valence-electron chi connectivity index (χ1n) is 5.52. The highest BCUT2D eigenvalue weighted by molar-refractivity contribution is 5.05. The average molecular weight is 284 g/mol. The zero-order valence-corrected chi connectivity index (χ0v) is 10.3. The molecule has 1 unspecified atom stereocenters. The van der Waals surface area contributed by atoms with E-state index in [1.807, 2.05) is 0 Å². The molecule has 19 heavy (non-hydrogen) atoms. The molecule has 0 fully saturated rings. The van der Waals surface area contributed by atoms with E-state index in [4.69, 9.17) is 5.84 Å². The molecule has 110 valence electrons. The number of nitrogens with zero attached hydrogens (tertiary/aromatic N) is 2. The van der Waals surface area contributed by atoms with Gasteiger partial charge >= 0.3 is 12.3 Å². The van der Waals surface area contributed by atoms with Gasteiger partial charge in [-0.1, -0.05) is 0 Å². The van der Waals surface area contributed by atoms with Crippen molar-refractivity contribution in [3.63, 3.8) is 0 Å². The molecule has 0 amide bonds. The number of hydrazine groups is 1. The largest absolute Gasteiger partial charge is 0.373 e. The molecule has 0 radical (unpaired) electrons. The molecule has 0 saturated carbocycles. The highest BCUT2D eigenvalue weighted by Gasteiger charge is 2.41. The van der Waals surface area contributed by atoms with Gasteiger partial charge in [0.25, 0.3) is 0 Å². The lowest BCUT2D eigenvalue weighted by Gasteiger charge is -2.19. The number of ether oxygens (including phenoxy) is 1. The predicted octanol–water partition coefficient (Wildman–Crippen LogP) is 0.711. The van der Waals surface area contributed by atoms with E-state index in [-0.39, 0.29) is 6.61 Å². The Kier molecular flexibility index (Phi) is 5.70. The molecule has 0 bridgehead atoms. The summed E-state index contributed by atoms with van der Waals surface area (Å²) in [5.41, 5.74) is 3.21. The summed E-state index contributed by atoms with van der Waals surface area (Å²) >= 11 is 0. The first-order chi connectivity index (χ1) is 8.85. The van der Waals surface area contributed by atoms with Crippen molar-refractivity contribution in [3.8, 4) is 0 Å². The number of nitrogens with one attached hydrogen (secondary N) is 1. The van der Waals surface area contributed by atoms with Crippen LogP contribution in [0.25, 0.3) is 0 Å². The summed E-state index contributed by atoms with van der Waals surface area (Å²) in [6.07, 6.45) is -0.0176. The van der Waals surface area contributed by atoms with Crippen molar-refractivity contribution < 1.29 is 22.3 Å². The SMILES string of the molecule is Cn1cc(CC(COCC(F)(F)C(F)F)NN)cn1. The molecule has 9 heteroatoms. The summed E-state index contributed by atoms with van der Waals surface area (Å²) in [5.74, 6) is 1.10. The summed E-state index contributed by atoms with van der Waals surface area (Å²) in [6.45, 7) is -1.54. The summed E-state index contributed by atoms with van der Waals surface area (Å²) < 4.78 is 55.1. The van der Waals surface area contributed by atoms with E-state index in [1.165, 1.54) is 0 Å². The second kappa shape index (κ2) is 6.83. The van der Waals surface area contributed by atoms with E-state index >= 15 is 0 Å². The Morgan fingerprint density at radius 3 is 2.68 bits per heavy atom. The number of nitrogens with two attached hydrogens (primary N) is 1. The van der Waals surface area contributed by atoms with Gasteiger partial charge in [-0.05, 0) is 12.0 Å². The molecular formula is C10H16F4N4O. The molecule has 0 saturated heterocycles. The molecule has 5 nitrogen and oxygen atoms in total. The monoisotopic (exact) mass is 284 g/mol. The summed E-state index contributed by atoms with van der Waals surface area (Å²) in [7, 11) is 1.73.